The maximum absolute atomic E-state index is 13.7. The monoisotopic (exact) mass is 1200 g/mol. The number of aliphatic hydroxyl groups is 1. The second-order valence-electron chi connectivity index (χ2n) is 22.1. The number of aliphatic hydroxyl groups excluding tert-OH is 1. The minimum Gasteiger partial charge on any atom is -0.374 e. The zero-order valence-electron chi connectivity index (χ0n) is 49.9. The maximum atomic E-state index is 13.7. The molecule has 7 aromatic carbocycles. The van der Waals surface area contributed by atoms with E-state index >= 15 is 0 Å². The van der Waals surface area contributed by atoms with Crippen LogP contribution in [0.3, 0.4) is 0 Å². The summed E-state index contributed by atoms with van der Waals surface area (Å²) in [5, 5.41) is 15.2. The zero-order chi connectivity index (χ0) is 60.7. The summed E-state index contributed by atoms with van der Waals surface area (Å²) < 4.78 is 90.4. The minimum atomic E-state index is -1.45. The smallest absolute Gasteiger partial charge is 0.217 e. The van der Waals surface area contributed by atoms with Crippen molar-refractivity contribution < 1.29 is 71.5 Å². The summed E-state index contributed by atoms with van der Waals surface area (Å²) in [5.41, 5.74) is 6.31. The highest BCUT2D eigenvalue weighted by molar-refractivity contribution is 5.73. The molecule has 0 radical (unpaired) electrons. The van der Waals surface area contributed by atoms with E-state index in [1.165, 1.54) is 6.92 Å². The molecule has 0 unspecified atom stereocenters. The third kappa shape index (κ3) is 18.4. The van der Waals surface area contributed by atoms with Crippen molar-refractivity contribution in [3.63, 3.8) is 0 Å². The lowest BCUT2D eigenvalue weighted by Crippen LogP contribution is -2.69. The topological polar surface area (TPSA) is 169 Å². The van der Waals surface area contributed by atoms with E-state index in [2.05, 4.69) is 11.9 Å². The van der Waals surface area contributed by atoms with Crippen molar-refractivity contribution in [2.45, 2.75) is 152 Å². The molecule has 3 aliphatic heterocycles. The van der Waals surface area contributed by atoms with Crippen molar-refractivity contribution >= 4 is 5.91 Å². The first-order chi connectivity index (χ1) is 43.3. The van der Waals surface area contributed by atoms with Gasteiger partial charge in [-0.3, -0.25) is 4.79 Å². The SMILES string of the molecule is C=CCO[C@H]1[C@H](OCc2ccccc2)[C@H](NC(C)=O)[C@H](O[C@H]2[C@H](OCc3ccccc3)[C@@H](OCc3ccccc3)[C@H](O[C@@H]3[C@@H](OCc4ccccc4)[C@H](C)O[C@@H](O)[C@@H]3OCc3ccccc3)O[C@@H]2COCc2ccccc2)O[C@@H]1COCc1ccccc1. The quantitative estimate of drug-likeness (QED) is 0.0394. The van der Waals surface area contributed by atoms with Crippen molar-refractivity contribution in [2.75, 3.05) is 19.8 Å². The fraction of sp³-hybridized carbons (Fsp3) is 0.375. The molecule has 10 rings (SSSR count). The van der Waals surface area contributed by atoms with Crippen LogP contribution in [-0.4, -0.2) is 123 Å². The zero-order valence-corrected chi connectivity index (χ0v) is 49.9. The molecule has 88 heavy (non-hydrogen) atoms. The molecule has 0 bridgehead atoms. The first kappa shape index (κ1) is 64.2. The van der Waals surface area contributed by atoms with Crippen LogP contribution in [0.1, 0.15) is 52.8 Å². The minimum absolute atomic E-state index is 0.0440. The van der Waals surface area contributed by atoms with Crippen LogP contribution in [0.15, 0.2) is 225 Å². The number of hydrogen-bond acceptors (Lipinski definition) is 15. The van der Waals surface area contributed by atoms with Crippen molar-refractivity contribution in [3.05, 3.63) is 264 Å². The largest absolute Gasteiger partial charge is 0.374 e. The Labute approximate surface area is 516 Å². The number of ether oxygens (including phenoxy) is 13. The Kier molecular flexibility index (Phi) is 24.6. The van der Waals surface area contributed by atoms with Gasteiger partial charge in [0, 0.05) is 6.92 Å². The second-order valence-corrected chi connectivity index (χ2v) is 22.1. The molecule has 0 spiro atoms. The molecular weight excluding hydrogens is 1120 g/mol. The van der Waals surface area contributed by atoms with E-state index in [9.17, 15) is 9.90 Å². The van der Waals surface area contributed by atoms with Gasteiger partial charge >= 0.3 is 0 Å². The average molecular weight is 1200 g/mol. The highest BCUT2D eigenvalue weighted by Crippen LogP contribution is 2.38. The van der Waals surface area contributed by atoms with Crippen molar-refractivity contribution in [2.24, 2.45) is 0 Å². The number of hydrogen-bond donors (Lipinski definition) is 2. The lowest BCUT2D eigenvalue weighted by atomic mass is 9.94. The Bertz CT molecular complexity index is 3030. The fourth-order valence-corrected chi connectivity index (χ4v) is 11.2. The molecule has 0 saturated carbocycles. The predicted octanol–water partition coefficient (Wildman–Crippen LogP) is 10.4. The molecular formula is C72H81NO15. The Hall–Kier alpha value is -6.81. The Morgan fingerprint density at radius 1 is 0.420 bits per heavy atom. The molecule has 16 heteroatoms. The highest BCUT2D eigenvalue weighted by atomic mass is 16.8. The number of rotatable bonds is 31. The summed E-state index contributed by atoms with van der Waals surface area (Å²) in [6, 6.07) is 67.5. The van der Waals surface area contributed by atoms with Gasteiger partial charge in [-0.2, -0.15) is 0 Å². The van der Waals surface area contributed by atoms with E-state index in [1.54, 1.807) is 6.08 Å². The van der Waals surface area contributed by atoms with E-state index in [-0.39, 0.29) is 72.0 Å². The van der Waals surface area contributed by atoms with Crippen LogP contribution in [0.25, 0.3) is 0 Å². The summed E-state index contributed by atoms with van der Waals surface area (Å²) in [4.78, 5) is 13.7. The Balaban J connectivity index is 1.07. The van der Waals surface area contributed by atoms with E-state index in [0.717, 1.165) is 38.9 Å². The maximum Gasteiger partial charge on any atom is 0.217 e. The number of carbonyl (C=O) groups is 1. The van der Waals surface area contributed by atoms with Crippen molar-refractivity contribution in [1.82, 2.24) is 5.32 Å². The van der Waals surface area contributed by atoms with Gasteiger partial charge in [0.15, 0.2) is 18.9 Å². The summed E-state index contributed by atoms with van der Waals surface area (Å²) >= 11 is 0. The van der Waals surface area contributed by atoms with Crippen LogP contribution in [0.5, 0.6) is 0 Å². The molecule has 2 N–H and O–H groups in total. The molecule has 15 atom stereocenters. The van der Waals surface area contributed by atoms with E-state index in [1.807, 2.05) is 219 Å². The second kappa shape index (κ2) is 33.7. The molecule has 7 aromatic rings. The van der Waals surface area contributed by atoms with Crippen LogP contribution in [0.2, 0.25) is 0 Å². The van der Waals surface area contributed by atoms with Gasteiger partial charge in [0.25, 0.3) is 0 Å². The molecule has 3 saturated heterocycles. The third-order valence-electron chi connectivity index (χ3n) is 15.6. The van der Waals surface area contributed by atoms with Crippen LogP contribution >= 0.6 is 0 Å². The third-order valence-corrected chi connectivity index (χ3v) is 15.6. The van der Waals surface area contributed by atoms with Gasteiger partial charge in [-0.25, -0.2) is 0 Å². The van der Waals surface area contributed by atoms with Gasteiger partial charge < -0.3 is 72.0 Å². The van der Waals surface area contributed by atoms with E-state index in [0.29, 0.717) is 0 Å². The number of carbonyl (C=O) groups excluding carboxylic acids is 1. The molecule has 464 valence electrons. The van der Waals surface area contributed by atoms with Gasteiger partial charge in [-0.05, 0) is 45.9 Å². The fourth-order valence-electron chi connectivity index (χ4n) is 11.2. The van der Waals surface area contributed by atoms with Gasteiger partial charge in [0.05, 0.1) is 72.2 Å². The van der Waals surface area contributed by atoms with Gasteiger partial charge in [0.1, 0.15) is 67.1 Å². The molecule has 1 amide bonds. The van der Waals surface area contributed by atoms with Gasteiger partial charge in [0.2, 0.25) is 5.91 Å². The van der Waals surface area contributed by atoms with Crippen molar-refractivity contribution in [1.29, 1.82) is 0 Å². The Morgan fingerprint density at radius 2 is 0.773 bits per heavy atom. The summed E-state index contributed by atoms with van der Waals surface area (Å²) in [5.74, 6) is -0.366. The average Bonchev–Trinajstić information content (AvgIpc) is 1.14. The molecule has 0 aliphatic carbocycles. The van der Waals surface area contributed by atoms with Crippen molar-refractivity contribution in [3.8, 4) is 0 Å². The number of benzene rings is 7. The first-order valence-corrected chi connectivity index (χ1v) is 30.2. The van der Waals surface area contributed by atoms with Crippen LogP contribution in [0, 0.1) is 0 Å². The molecule has 3 heterocycles. The number of amides is 1. The molecule has 3 fully saturated rings. The first-order valence-electron chi connectivity index (χ1n) is 30.2. The van der Waals surface area contributed by atoms with Gasteiger partial charge in [-0.1, -0.05) is 218 Å². The predicted molar refractivity (Wildman–Crippen MR) is 328 cm³/mol. The van der Waals surface area contributed by atoms with Crippen LogP contribution in [-0.2, 0) is 113 Å². The van der Waals surface area contributed by atoms with Crippen LogP contribution < -0.4 is 5.32 Å². The van der Waals surface area contributed by atoms with Crippen LogP contribution in [0.4, 0.5) is 0 Å². The van der Waals surface area contributed by atoms with E-state index in [4.69, 9.17) is 61.6 Å². The standard InChI is InChI=1S/C72H81NO15/c1-4-40-78-63-59(48-76-41-52-26-12-5-13-27-52)85-71(61(73-51(3)74)65(63)80-44-55-32-18-8-19-33-55)87-64-60(49-77-42-53-28-14-6-15-29-53)86-72(69(83-47-58-38-24-11-25-39-58)66(64)81-45-56-34-20-9-21-35-56)88-67-62(79-43-54-30-16-7-17-31-54)50(2)84-70(75)68(67)82-46-57-36-22-10-23-37-57/h4-39,50,59-72,75H,1,40-49H2,2-3H3,(H,73,74)/t50-,59+,60+,61-,62-,63+,64+,65+,66-,67+,68+,69+,70+,71-,72-/m0/s1. The van der Waals surface area contributed by atoms with E-state index < -0.39 is 92.1 Å². The lowest BCUT2D eigenvalue weighted by Gasteiger charge is -2.51. The summed E-state index contributed by atoms with van der Waals surface area (Å²) in [6.45, 7) is 8.50. The molecule has 16 nitrogen and oxygen atoms in total. The normalized spacial score (nSPS) is 27.1. The van der Waals surface area contributed by atoms with Gasteiger partial charge in [-0.15, -0.1) is 6.58 Å². The Morgan fingerprint density at radius 3 is 1.19 bits per heavy atom. The molecule has 3 aliphatic rings. The lowest BCUT2D eigenvalue weighted by molar-refractivity contribution is -0.385. The number of nitrogens with one attached hydrogen (secondary N) is 1. The highest BCUT2D eigenvalue weighted by Gasteiger charge is 2.56. The molecule has 0 aromatic heterocycles. The summed E-state index contributed by atoms with van der Waals surface area (Å²) in [7, 11) is 0. The summed E-state index contributed by atoms with van der Waals surface area (Å²) in [6.07, 6.45) is -12.9.